The number of nitrogens with one attached hydrogen (secondary N) is 1. The number of hydrogen-bond donors (Lipinski definition) is 2. The molecular weight excluding hydrogens is 370 g/mol. The zero-order chi connectivity index (χ0) is 19.8. The van der Waals surface area contributed by atoms with Gasteiger partial charge in [-0.15, -0.1) is 0 Å². The zero-order valence-electron chi connectivity index (χ0n) is 15.1. The van der Waals surface area contributed by atoms with Crippen molar-refractivity contribution >= 4 is 11.8 Å². The highest BCUT2D eigenvalue weighted by Gasteiger charge is 2.58. The molecule has 0 radical (unpaired) electrons. The van der Waals surface area contributed by atoms with E-state index in [1.165, 1.54) is 18.7 Å². The topological polar surface area (TPSA) is 121 Å². The fraction of sp³-hybridized carbons (Fsp3) is 0.389. The molecule has 5 rings (SSSR count). The molecule has 4 heterocycles. The SMILES string of the molecule is Cn1c2c(c(=O)n(C)c1=O)C(c1ccc3c(c1)OCO3)C1C(=O)OCC1(O)N2. The van der Waals surface area contributed by atoms with Crippen LogP contribution in [-0.2, 0) is 23.6 Å². The number of anilines is 1. The second kappa shape index (κ2) is 5.38. The van der Waals surface area contributed by atoms with E-state index in [1.807, 2.05) is 0 Å². The van der Waals surface area contributed by atoms with Gasteiger partial charge < -0.3 is 24.6 Å². The molecule has 2 aromatic rings. The number of aliphatic hydroxyl groups is 1. The van der Waals surface area contributed by atoms with Crippen LogP contribution in [0.1, 0.15) is 17.0 Å². The molecular formula is C18H17N3O7. The van der Waals surface area contributed by atoms with E-state index < -0.39 is 34.8 Å². The molecule has 0 amide bonds. The summed E-state index contributed by atoms with van der Waals surface area (Å²) in [4.78, 5) is 37.9. The van der Waals surface area contributed by atoms with Crippen LogP contribution >= 0.6 is 0 Å². The van der Waals surface area contributed by atoms with Crippen molar-refractivity contribution in [3.05, 3.63) is 50.2 Å². The summed E-state index contributed by atoms with van der Waals surface area (Å²) in [5.41, 5.74) is -2.06. The molecule has 3 unspecified atom stereocenters. The Morgan fingerprint density at radius 3 is 2.64 bits per heavy atom. The maximum absolute atomic E-state index is 13.0. The second-order valence-electron chi connectivity index (χ2n) is 7.19. The fourth-order valence-corrected chi connectivity index (χ4v) is 4.22. The summed E-state index contributed by atoms with van der Waals surface area (Å²) in [6, 6.07) is 5.08. The normalized spacial score (nSPS) is 27.0. The molecule has 0 aliphatic carbocycles. The minimum Gasteiger partial charge on any atom is -0.460 e. The Balaban J connectivity index is 1.83. The van der Waals surface area contributed by atoms with Gasteiger partial charge in [0.1, 0.15) is 18.3 Å². The minimum absolute atomic E-state index is 0.0767. The van der Waals surface area contributed by atoms with E-state index >= 15 is 0 Å². The zero-order valence-corrected chi connectivity index (χ0v) is 15.1. The fourth-order valence-electron chi connectivity index (χ4n) is 4.22. The van der Waals surface area contributed by atoms with Gasteiger partial charge in [0.05, 0.1) is 5.56 Å². The molecule has 146 valence electrons. The van der Waals surface area contributed by atoms with Gasteiger partial charge in [-0.25, -0.2) is 4.79 Å². The first-order chi connectivity index (χ1) is 13.3. The van der Waals surface area contributed by atoms with E-state index in [0.29, 0.717) is 17.1 Å². The monoisotopic (exact) mass is 387 g/mol. The molecule has 0 spiro atoms. The first-order valence-electron chi connectivity index (χ1n) is 8.68. The van der Waals surface area contributed by atoms with Gasteiger partial charge in [-0.1, -0.05) is 6.07 Å². The molecule has 0 saturated carbocycles. The van der Waals surface area contributed by atoms with Crippen molar-refractivity contribution in [1.82, 2.24) is 9.13 Å². The Kier molecular flexibility index (Phi) is 3.24. The van der Waals surface area contributed by atoms with Gasteiger partial charge in [0, 0.05) is 20.0 Å². The number of benzene rings is 1. The average Bonchev–Trinajstić information content (AvgIpc) is 3.27. The summed E-state index contributed by atoms with van der Waals surface area (Å²) in [6.07, 6.45) is 0. The van der Waals surface area contributed by atoms with Crippen molar-refractivity contribution in [3.63, 3.8) is 0 Å². The molecule has 3 aliphatic rings. The average molecular weight is 387 g/mol. The quantitative estimate of drug-likeness (QED) is 0.612. The number of aromatic nitrogens is 2. The Labute approximate surface area is 157 Å². The molecule has 1 aromatic carbocycles. The summed E-state index contributed by atoms with van der Waals surface area (Å²) < 4.78 is 18.1. The lowest BCUT2D eigenvalue weighted by Gasteiger charge is -2.39. The van der Waals surface area contributed by atoms with Crippen LogP contribution in [0.15, 0.2) is 27.8 Å². The van der Waals surface area contributed by atoms with Gasteiger partial charge in [-0.2, -0.15) is 0 Å². The maximum Gasteiger partial charge on any atom is 0.332 e. The summed E-state index contributed by atoms with van der Waals surface area (Å²) in [7, 11) is 2.86. The van der Waals surface area contributed by atoms with Gasteiger partial charge in [0.2, 0.25) is 6.79 Å². The van der Waals surface area contributed by atoms with Gasteiger partial charge in [-0.3, -0.25) is 18.7 Å². The van der Waals surface area contributed by atoms with Crippen LogP contribution in [0.2, 0.25) is 0 Å². The third-order valence-corrected chi connectivity index (χ3v) is 5.64. The predicted molar refractivity (Wildman–Crippen MR) is 94.4 cm³/mol. The maximum atomic E-state index is 13.0. The van der Waals surface area contributed by atoms with Gasteiger partial charge in [0.15, 0.2) is 17.2 Å². The minimum atomic E-state index is -1.75. The first kappa shape index (κ1) is 16.9. The van der Waals surface area contributed by atoms with Crippen LogP contribution in [0.25, 0.3) is 0 Å². The lowest BCUT2D eigenvalue weighted by atomic mass is 9.74. The predicted octanol–water partition coefficient (Wildman–Crippen LogP) is -0.768. The van der Waals surface area contributed by atoms with Gasteiger partial charge >= 0.3 is 11.7 Å². The number of carbonyl (C=O) groups is 1. The van der Waals surface area contributed by atoms with Crippen molar-refractivity contribution in [3.8, 4) is 11.5 Å². The van der Waals surface area contributed by atoms with E-state index in [0.717, 1.165) is 4.57 Å². The standard InChI is InChI=1S/C18H17N3O7/c1-20-14-12(15(22)21(2)17(20)24)11(13-16(23)26-6-18(13,25)19-14)8-3-4-9-10(5-8)28-7-27-9/h3-5,11,13,19,25H,6-7H2,1-2H3. The largest absolute Gasteiger partial charge is 0.460 e. The third-order valence-electron chi connectivity index (χ3n) is 5.64. The molecule has 10 nitrogen and oxygen atoms in total. The molecule has 1 aromatic heterocycles. The number of fused-ring (bicyclic) bond motifs is 3. The third kappa shape index (κ3) is 2.03. The van der Waals surface area contributed by atoms with Crippen LogP contribution in [0, 0.1) is 5.92 Å². The highest BCUT2D eigenvalue weighted by molar-refractivity contribution is 5.81. The summed E-state index contributed by atoms with van der Waals surface area (Å²) in [5, 5.41) is 13.9. The highest BCUT2D eigenvalue weighted by atomic mass is 16.7. The summed E-state index contributed by atoms with van der Waals surface area (Å²) in [5.74, 6) is -1.33. The van der Waals surface area contributed by atoms with Crippen molar-refractivity contribution in [2.45, 2.75) is 11.6 Å². The number of hydrogen-bond acceptors (Lipinski definition) is 8. The number of ether oxygens (including phenoxy) is 3. The van der Waals surface area contributed by atoms with Crippen LogP contribution in [0.5, 0.6) is 11.5 Å². The van der Waals surface area contributed by atoms with Gasteiger partial charge in [-0.05, 0) is 17.7 Å². The summed E-state index contributed by atoms with van der Waals surface area (Å²) in [6.45, 7) is -0.215. The highest BCUT2D eigenvalue weighted by Crippen LogP contribution is 2.49. The Hall–Kier alpha value is -3.27. The molecule has 10 heteroatoms. The van der Waals surface area contributed by atoms with Crippen molar-refractivity contribution in [1.29, 1.82) is 0 Å². The van der Waals surface area contributed by atoms with E-state index in [2.05, 4.69) is 5.32 Å². The van der Waals surface area contributed by atoms with Crippen molar-refractivity contribution in [2.75, 3.05) is 18.7 Å². The van der Waals surface area contributed by atoms with Gasteiger partial charge in [0.25, 0.3) is 5.56 Å². The number of carbonyl (C=O) groups excluding carboxylic acids is 1. The van der Waals surface area contributed by atoms with E-state index in [1.54, 1.807) is 18.2 Å². The molecule has 1 fully saturated rings. The Bertz CT molecular complexity index is 1150. The first-order valence-corrected chi connectivity index (χ1v) is 8.68. The molecule has 0 bridgehead atoms. The molecule has 28 heavy (non-hydrogen) atoms. The lowest BCUT2D eigenvalue weighted by molar-refractivity contribution is -0.141. The smallest absolute Gasteiger partial charge is 0.332 e. The molecule has 2 N–H and O–H groups in total. The molecule has 3 atom stereocenters. The van der Waals surface area contributed by atoms with E-state index in [9.17, 15) is 19.5 Å². The van der Waals surface area contributed by atoms with Crippen LogP contribution in [0.3, 0.4) is 0 Å². The second-order valence-corrected chi connectivity index (χ2v) is 7.19. The van der Waals surface area contributed by atoms with E-state index in [4.69, 9.17) is 14.2 Å². The van der Waals surface area contributed by atoms with Crippen LogP contribution < -0.4 is 26.0 Å². The molecule has 1 saturated heterocycles. The number of cyclic esters (lactones) is 1. The lowest BCUT2D eigenvalue weighted by Crippen LogP contribution is -2.56. The number of nitrogens with zero attached hydrogens (tertiary/aromatic N) is 2. The number of esters is 1. The number of rotatable bonds is 1. The van der Waals surface area contributed by atoms with Crippen molar-refractivity contribution in [2.24, 2.45) is 20.0 Å². The Morgan fingerprint density at radius 2 is 1.86 bits per heavy atom. The van der Waals surface area contributed by atoms with Crippen molar-refractivity contribution < 1.29 is 24.1 Å². The molecule has 3 aliphatic heterocycles. The Morgan fingerprint density at radius 1 is 1.11 bits per heavy atom. The van der Waals surface area contributed by atoms with Crippen LogP contribution in [-0.4, -0.2) is 39.3 Å². The summed E-state index contributed by atoms with van der Waals surface area (Å²) >= 11 is 0. The van der Waals surface area contributed by atoms with Crippen LogP contribution in [0.4, 0.5) is 5.82 Å². The van der Waals surface area contributed by atoms with E-state index in [-0.39, 0.29) is 24.8 Å².